The molecule has 0 saturated heterocycles. The Hall–Kier alpha value is -1.52. The number of hydrogen-bond acceptors (Lipinski definition) is 3. The van der Waals surface area contributed by atoms with E-state index in [9.17, 15) is 9.59 Å². The molecule has 0 fully saturated rings. The van der Waals surface area contributed by atoms with Gasteiger partial charge < -0.3 is 4.52 Å². The first-order valence-corrected chi connectivity index (χ1v) is 2.60. The SMILES string of the molecule is C=C(C)n1oc(=O)[nH]c1=O. The monoisotopic (exact) mass is 142 g/mol. The largest absolute Gasteiger partial charge is 0.440 e. The van der Waals surface area contributed by atoms with Crippen molar-refractivity contribution in [2.75, 3.05) is 0 Å². The van der Waals surface area contributed by atoms with E-state index >= 15 is 0 Å². The van der Waals surface area contributed by atoms with E-state index in [0.717, 1.165) is 4.74 Å². The van der Waals surface area contributed by atoms with Crippen LogP contribution in [0.1, 0.15) is 6.92 Å². The van der Waals surface area contributed by atoms with Gasteiger partial charge in [-0.15, -0.1) is 4.74 Å². The Kier molecular flexibility index (Phi) is 1.33. The minimum Gasteiger partial charge on any atom is -0.312 e. The van der Waals surface area contributed by atoms with Crippen molar-refractivity contribution in [2.45, 2.75) is 6.92 Å². The van der Waals surface area contributed by atoms with Crippen molar-refractivity contribution >= 4 is 5.70 Å². The van der Waals surface area contributed by atoms with Gasteiger partial charge in [0.1, 0.15) is 0 Å². The third-order valence-electron chi connectivity index (χ3n) is 0.914. The summed E-state index contributed by atoms with van der Waals surface area (Å²) in [5.74, 6) is -0.770. The highest BCUT2D eigenvalue weighted by Crippen LogP contribution is 1.88. The Morgan fingerprint density at radius 1 is 1.70 bits per heavy atom. The summed E-state index contributed by atoms with van der Waals surface area (Å²) < 4.78 is 5.16. The number of nitrogens with zero attached hydrogens (tertiary/aromatic N) is 1. The minimum atomic E-state index is -0.770. The van der Waals surface area contributed by atoms with E-state index in [4.69, 9.17) is 0 Å². The van der Waals surface area contributed by atoms with Gasteiger partial charge in [-0.3, -0.25) is 0 Å². The summed E-state index contributed by atoms with van der Waals surface area (Å²) in [5, 5.41) is 0. The highest BCUT2D eigenvalue weighted by Gasteiger charge is 2.00. The molecular weight excluding hydrogens is 136 g/mol. The summed E-state index contributed by atoms with van der Waals surface area (Å²) in [7, 11) is 0. The molecule has 1 heterocycles. The van der Waals surface area contributed by atoms with Gasteiger partial charge in [0.05, 0.1) is 5.70 Å². The normalized spacial score (nSPS) is 9.70. The Morgan fingerprint density at radius 2 is 2.30 bits per heavy atom. The van der Waals surface area contributed by atoms with Crippen LogP contribution in [0.15, 0.2) is 20.7 Å². The molecule has 0 saturated carbocycles. The quantitative estimate of drug-likeness (QED) is 0.581. The molecular formula is C5H6N2O3. The lowest BCUT2D eigenvalue weighted by Gasteiger charge is -1.89. The third kappa shape index (κ3) is 0.928. The topological polar surface area (TPSA) is 68.0 Å². The minimum absolute atomic E-state index is 0.364. The molecule has 54 valence electrons. The molecule has 0 aliphatic carbocycles. The van der Waals surface area contributed by atoms with Crippen molar-refractivity contribution in [2.24, 2.45) is 0 Å². The second-order valence-corrected chi connectivity index (χ2v) is 1.84. The molecule has 0 atom stereocenters. The molecule has 5 nitrogen and oxygen atoms in total. The lowest BCUT2D eigenvalue weighted by Crippen LogP contribution is -2.14. The van der Waals surface area contributed by atoms with Crippen LogP contribution >= 0.6 is 0 Å². The van der Waals surface area contributed by atoms with E-state index in [0.29, 0.717) is 5.70 Å². The molecule has 0 spiro atoms. The number of aromatic amines is 1. The van der Waals surface area contributed by atoms with Crippen molar-refractivity contribution < 1.29 is 4.52 Å². The van der Waals surface area contributed by atoms with Gasteiger partial charge in [0.2, 0.25) is 0 Å². The van der Waals surface area contributed by atoms with Gasteiger partial charge in [0, 0.05) is 0 Å². The maximum absolute atomic E-state index is 10.6. The molecule has 1 aromatic rings. The van der Waals surface area contributed by atoms with E-state index in [1.165, 1.54) is 0 Å². The van der Waals surface area contributed by atoms with Crippen molar-refractivity contribution in [3.63, 3.8) is 0 Å². The van der Waals surface area contributed by atoms with Gasteiger partial charge in [-0.25, -0.2) is 14.6 Å². The average molecular weight is 142 g/mol. The molecule has 10 heavy (non-hydrogen) atoms. The highest BCUT2D eigenvalue weighted by molar-refractivity contribution is 5.33. The van der Waals surface area contributed by atoms with Gasteiger partial charge in [0.15, 0.2) is 0 Å². The fourth-order valence-corrected chi connectivity index (χ4v) is 0.537. The first-order valence-electron chi connectivity index (χ1n) is 2.60. The number of aromatic nitrogens is 2. The molecule has 1 aromatic heterocycles. The van der Waals surface area contributed by atoms with Crippen molar-refractivity contribution in [3.8, 4) is 0 Å². The summed E-state index contributed by atoms with van der Waals surface area (Å²) in [6.45, 7) is 4.96. The van der Waals surface area contributed by atoms with Crippen LogP contribution in [0.3, 0.4) is 0 Å². The highest BCUT2D eigenvalue weighted by atomic mass is 16.5. The van der Waals surface area contributed by atoms with E-state index in [2.05, 4.69) is 11.1 Å². The average Bonchev–Trinajstić information content (AvgIpc) is 2.10. The van der Waals surface area contributed by atoms with E-state index in [1.54, 1.807) is 6.92 Å². The molecule has 0 aliphatic heterocycles. The number of allylic oxidation sites excluding steroid dienone is 1. The summed E-state index contributed by atoms with van der Waals surface area (Å²) in [5.41, 5.74) is -0.235. The maximum atomic E-state index is 10.6. The smallest absolute Gasteiger partial charge is 0.312 e. The first kappa shape index (κ1) is 6.60. The van der Waals surface area contributed by atoms with Crippen molar-refractivity contribution in [1.29, 1.82) is 0 Å². The van der Waals surface area contributed by atoms with Crippen LogP contribution in [-0.2, 0) is 0 Å². The van der Waals surface area contributed by atoms with Crippen molar-refractivity contribution in [3.05, 3.63) is 27.6 Å². The molecule has 0 aromatic carbocycles. The van der Waals surface area contributed by atoms with Crippen LogP contribution in [0.4, 0.5) is 0 Å². The van der Waals surface area contributed by atoms with Gasteiger partial charge in [-0.05, 0) is 6.92 Å². The predicted octanol–water partition coefficient (Wildman–Crippen LogP) is -0.380. The Morgan fingerprint density at radius 3 is 2.50 bits per heavy atom. The molecule has 5 heteroatoms. The zero-order valence-corrected chi connectivity index (χ0v) is 5.38. The summed E-state index contributed by atoms with van der Waals surface area (Å²) in [6.07, 6.45) is 0. The number of H-pyrrole nitrogens is 1. The van der Waals surface area contributed by atoms with E-state index in [1.807, 2.05) is 4.98 Å². The third-order valence-corrected chi connectivity index (χ3v) is 0.914. The lowest BCUT2D eigenvalue weighted by atomic mass is 10.6. The molecule has 0 aliphatic rings. The molecule has 0 unspecified atom stereocenters. The molecule has 0 bridgehead atoms. The van der Waals surface area contributed by atoms with E-state index in [-0.39, 0.29) is 0 Å². The number of rotatable bonds is 1. The first-order chi connectivity index (χ1) is 4.61. The molecule has 0 radical (unpaired) electrons. The summed E-state index contributed by atoms with van der Waals surface area (Å²) in [6, 6.07) is 0. The van der Waals surface area contributed by atoms with Crippen LogP contribution < -0.4 is 11.4 Å². The maximum Gasteiger partial charge on any atom is 0.440 e. The van der Waals surface area contributed by atoms with Crippen LogP contribution in [0.25, 0.3) is 5.70 Å². The molecule has 0 amide bonds. The van der Waals surface area contributed by atoms with Crippen LogP contribution in [0.2, 0.25) is 0 Å². The zero-order chi connectivity index (χ0) is 7.72. The van der Waals surface area contributed by atoms with Crippen LogP contribution in [0.5, 0.6) is 0 Å². The van der Waals surface area contributed by atoms with Crippen molar-refractivity contribution in [1.82, 2.24) is 9.72 Å². The van der Waals surface area contributed by atoms with Crippen LogP contribution in [0, 0.1) is 0 Å². The Labute approximate surface area is 55.6 Å². The predicted molar refractivity (Wildman–Crippen MR) is 34.6 cm³/mol. The Bertz CT molecular complexity index is 353. The standard InChI is InChI=1S/C5H6N2O3/c1-3(2)7-4(8)6-5(9)10-7/h1H2,2H3,(H,6,8,9). The van der Waals surface area contributed by atoms with Gasteiger partial charge in [-0.2, -0.15) is 0 Å². The number of nitrogens with one attached hydrogen (secondary N) is 1. The van der Waals surface area contributed by atoms with E-state index < -0.39 is 11.4 Å². The van der Waals surface area contributed by atoms with Gasteiger partial charge in [0.25, 0.3) is 0 Å². The summed E-state index contributed by atoms with van der Waals surface area (Å²) >= 11 is 0. The fraction of sp³-hybridized carbons (Fsp3) is 0.200. The second-order valence-electron chi connectivity index (χ2n) is 1.84. The summed E-state index contributed by atoms with van der Waals surface area (Å²) in [4.78, 5) is 22.9. The molecule has 1 rings (SSSR count). The van der Waals surface area contributed by atoms with Gasteiger partial charge in [-0.1, -0.05) is 6.58 Å². The number of hydrogen-bond donors (Lipinski definition) is 1. The van der Waals surface area contributed by atoms with Gasteiger partial charge >= 0.3 is 11.4 Å². The fourth-order valence-electron chi connectivity index (χ4n) is 0.537. The lowest BCUT2D eigenvalue weighted by molar-refractivity contribution is 0.320. The zero-order valence-electron chi connectivity index (χ0n) is 5.38. The van der Waals surface area contributed by atoms with Crippen LogP contribution in [-0.4, -0.2) is 9.72 Å². The molecule has 1 N–H and O–H groups in total. The Balaban J connectivity index is 3.43. The second kappa shape index (κ2) is 2.02.